The molecule has 1 fully saturated rings. The molecule has 0 saturated carbocycles. The molecule has 7 heteroatoms. The van der Waals surface area contributed by atoms with Crippen molar-refractivity contribution in [1.82, 2.24) is 9.31 Å². The molecule has 0 aliphatic carbocycles. The second kappa shape index (κ2) is 6.53. The molecule has 0 amide bonds. The van der Waals surface area contributed by atoms with E-state index in [1.165, 1.54) is 0 Å². The number of benzene rings is 1. The summed E-state index contributed by atoms with van der Waals surface area (Å²) in [6, 6.07) is 5.16. The summed E-state index contributed by atoms with van der Waals surface area (Å²) >= 11 is 0. The molecule has 0 aromatic heterocycles. The first kappa shape index (κ1) is 15.9. The van der Waals surface area contributed by atoms with Crippen molar-refractivity contribution in [2.24, 2.45) is 10.3 Å². The van der Waals surface area contributed by atoms with E-state index in [2.05, 4.69) is 10.3 Å². The highest BCUT2D eigenvalue weighted by molar-refractivity contribution is 7.89. The monoisotopic (exact) mass is 310 g/mol. The fourth-order valence-corrected chi connectivity index (χ4v) is 4.08. The molecular weight excluding hydrogens is 288 g/mol. The van der Waals surface area contributed by atoms with E-state index in [1.807, 2.05) is 6.92 Å². The summed E-state index contributed by atoms with van der Waals surface area (Å²) in [5.74, 6) is 0. The molecule has 0 radical (unpaired) electrons. The predicted molar refractivity (Wildman–Crippen MR) is 82.0 cm³/mol. The Morgan fingerprint density at radius 2 is 1.81 bits per heavy atom. The molecule has 1 saturated heterocycles. The largest absolute Gasteiger partial charge is 0.285 e. The van der Waals surface area contributed by atoms with E-state index in [-0.39, 0.29) is 0 Å². The topological polar surface area (TPSA) is 65.3 Å². The minimum atomic E-state index is -3.44. The first-order valence-electron chi connectivity index (χ1n) is 7.11. The van der Waals surface area contributed by atoms with Crippen molar-refractivity contribution in [2.75, 3.05) is 27.2 Å². The van der Waals surface area contributed by atoms with Crippen molar-refractivity contribution in [3.63, 3.8) is 0 Å². The molecule has 0 N–H and O–H groups in total. The number of aryl methyl sites for hydroxylation is 1. The van der Waals surface area contributed by atoms with Crippen LogP contribution in [-0.4, -0.2) is 44.9 Å². The smallest absolute Gasteiger partial charge is 0.243 e. The summed E-state index contributed by atoms with van der Waals surface area (Å²) in [6.45, 7) is 3.01. The lowest BCUT2D eigenvalue weighted by molar-refractivity contribution is 0.346. The second-order valence-electron chi connectivity index (χ2n) is 5.45. The van der Waals surface area contributed by atoms with Gasteiger partial charge in [0.1, 0.15) is 0 Å². The van der Waals surface area contributed by atoms with Crippen LogP contribution in [0.5, 0.6) is 0 Å². The predicted octanol–water partition coefficient (Wildman–Crippen LogP) is 2.73. The normalized spacial score (nSPS) is 17.3. The molecule has 0 bridgehead atoms. The quantitative estimate of drug-likeness (QED) is 0.634. The number of nitrogens with zero attached hydrogens (tertiary/aromatic N) is 4. The molecule has 0 atom stereocenters. The van der Waals surface area contributed by atoms with Crippen molar-refractivity contribution >= 4 is 15.7 Å². The number of hydrogen-bond acceptors (Lipinski definition) is 4. The fourth-order valence-electron chi connectivity index (χ4n) is 2.31. The van der Waals surface area contributed by atoms with Crippen LogP contribution in [0.3, 0.4) is 0 Å². The molecule has 1 aromatic carbocycles. The molecule has 1 aromatic rings. The number of sulfonamides is 1. The second-order valence-corrected chi connectivity index (χ2v) is 7.36. The van der Waals surface area contributed by atoms with Gasteiger partial charge >= 0.3 is 0 Å². The maximum Gasteiger partial charge on any atom is 0.243 e. The molecule has 6 nitrogen and oxygen atoms in total. The van der Waals surface area contributed by atoms with Crippen LogP contribution in [0.2, 0.25) is 0 Å². The molecular formula is C14H22N4O2S. The number of hydrogen-bond donors (Lipinski definition) is 0. The van der Waals surface area contributed by atoms with E-state index in [1.54, 1.807) is 41.6 Å². The molecule has 2 rings (SSSR count). The van der Waals surface area contributed by atoms with Crippen LogP contribution < -0.4 is 0 Å². The van der Waals surface area contributed by atoms with Crippen molar-refractivity contribution in [1.29, 1.82) is 0 Å². The van der Waals surface area contributed by atoms with Crippen molar-refractivity contribution in [3.8, 4) is 0 Å². The lowest BCUT2D eigenvalue weighted by Gasteiger charge is -2.26. The van der Waals surface area contributed by atoms with Gasteiger partial charge in [-0.05, 0) is 37.5 Å². The highest BCUT2D eigenvalue weighted by Gasteiger charge is 2.27. The molecule has 116 valence electrons. The van der Waals surface area contributed by atoms with Crippen LogP contribution >= 0.6 is 0 Å². The van der Waals surface area contributed by atoms with Gasteiger partial charge in [-0.15, -0.1) is 5.11 Å². The van der Waals surface area contributed by atoms with Crippen LogP contribution in [0.4, 0.5) is 5.69 Å². The SMILES string of the molecule is Cc1ccc(N=NN(C)C)cc1S(=O)(=O)N1CCCCC1. The van der Waals surface area contributed by atoms with Gasteiger partial charge in [-0.25, -0.2) is 8.42 Å². The maximum absolute atomic E-state index is 12.7. The Balaban J connectivity index is 2.35. The zero-order valence-corrected chi connectivity index (χ0v) is 13.6. The third-order valence-electron chi connectivity index (χ3n) is 3.44. The van der Waals surface area contributed by atoms with E-state index in [0.29, 0.717) is 23.7 Å². The van der Waals surface area contributed by atoms with Gasteiger partial charge in [-0.2, -0.15) is 4.31 Å². The lowest BCUT2D eigenvalue weighted by atomic mass is 10.2. The molecule has 21 heavy (non-hydrogen) atoms. The minimum Gasteiger partial charge on any atom is -0.285 e. The molecule has 1 aliphatic heterocycles. The molecule has 0 spiro atoms. The molecule has 1 aliphatic rings. The standard InChI is InChI=1S/C14H22N4O2S/c1-12-7-8-13(15-16-17(2)3)11-14(12)21(19,20)18-9-5-4-6-10-18/h7-8,11H,4-6,9-10H2,1-3H3. The van der Waals surface area contributed by atoms with Crippen LogP contribution in [0, 0.1) is 6.92 Å². The van der Waals surface area contributed by atoms with Crippen LogP contribution in [0.1, 0.15) is 24.8 Å². The van der Waals surface area contributed by atoms with Gasteiger partial charge in [0.05, 0.1) is 10.6 Å². The minimum absolute atomic E-state index is 0.333. The highest BCUT2D eigenvalue weighted by atomic mass is 32.2. The van der Waals surface area contributed by atoms with Crippen molar-refractivity contribution < 1.29 is 8.42 Å². The Labute approximate surface area is 126 Å². The summed E-state index contributed by atoms with van der Waals surface area (Å²) in [7, 11) is 0.0982. The Kier molecular flexibility index (Phi) is 4.95. The van der Waals surface area contributed by atoms with Crippen LogP contribution in [0.15, 0.2) is 33.4 Å². The average molecular weight is 310 g/mol. The summed E-state index contributed by atoms with van der Waals surface area (Å²) in [6.07, 6.45) is 2.96. The van der Waals surface area contributed by atoms with Gasteiger partial charge in [-0.3, -0.25) is 5.01 Å². The molecule has 0 unspecified atom stereocenters. The van der Waals surface area contributed by atoms with E-state index in [4.69, 9.17) is 0 Å². The maximum atomic E-state index is 12.7. The third-order valence-corrected chi connectivity index (χ3v) is 5.48. The van der Waals surface area contributed by atoms with E-state index in [9.17, 15) is 8.42 Å². The van der Waals surface area contributed by atoms with Crippen LogP contribution in [0.25, 0.3) is 0 Å². The van der Waals surface area contributed by atoms with Crippen molar-refractivity contribution in [2.45, 2.75) is 31.1 Å². The first-order chi connectivity index (χ1) is 9.91. The Morgan fingerprint density at radius 3 is 2.43 bits per heavy atom. The average Bonchev–Trinajstić information content (AvgIpc) is 2.47. The summed E-state index contributed by atoms with van der Waals surface area (Å²) < 4.78 is 27.1. The van der Waals surface area contributed by atoms with Gasteiger partial charge in [0.25, 0.3) is 0 Å². The van der Waals surface area contributed by atoms with Gasteiger partial charge in [0.15, 0.2) is 0 Å². The van der Waals surface area contributed by atoms with Gasteiger partial charge in [0, 0.05) is 27.2 Å². The Bertz CT molecular complexity index is 620. The van der Waals surface area contributed by atoms with E-state index < -0.39 is 10.0 Å². The van der Waals surface area contributed by atoms with Gasteiger partial charge in [0.2, 0.25) is 10.0 Å². The van der Waals surface area contributed by atoms with Gasteiger partial charge < -0.3 is 0 Å². The summed E-state index contributed by atoms with van der Waals surface area (Å²) in [4.78, 5) is 0.333. The lowest BCUT2D eigenvalue weighted by Crippen LogP contribution is -2.35. The van der Waals surface area contributed by atoms with Gasteiger partial charge in [-0.1, -0.05) is 17.7 Å². The first-order valence-corrected chi connectivity index (χ1v) is 8.55. The summed E-state index contributed by atoms with van der Waals surface area (Å²) in [5, 5.41) is 9.51. The number of rotatable bonds is 4. The fraction of sp³-hybridized carbons (Fsp3) is 0.571. The Hall–Kier alpha value is -1.47. The third kappa shape index (κ3) is 3.79. The highest BCUT2D eigenvalue weighted by Crippen LogP contribution is 2.27. The van der Waals surface area contributed by atoms with Crippen LogP contribution in [-0.2, 0) is 10.0 Å². The Morgan fingerprint density at radius 1 is 1.14 bits per heavy atom. The molecule has 1 heterocycles. The van der Waals surface area contributed by atoms with Crippen molar-refractivity contribution in [3.05, 3.63) is 23.8 Å². The van der Waals surface area contributed by atoms with E-state index >= 15 is 0 Å². The van der Waals surface area contributed by atoms with E-state index in [0.717, 1.165) is 24.8 Å². The summed E-state index contributed by atoms with van der Waals surface area (Å²) in [5.41, 5.74) is 1.29. The zero-order valence-electron chi connectivity index (χ0n) is 12.8. The number of piperidine rings is 1. The zero-order chi connectivity index (χ0) is 15.5.